The van der Waals surface area contributed by atoms with E-state index in [1.54, 1.807) is 24.3 Å². The summed E-state index contributed by atoms with van der Waals surface area (Å²) in [5.41, 5.74) is 6.83. The van der Waals surface area contributed by atoms with Gasteiger partial charge in [-0.2, -0.15) is 0 Å². The minimum Gasteiger partial charge on any atom is -0.481 e. The number of carbonyl (C=O) groups excluding carboxylic acids is 1. The number of hydrogen-bond acceptors (Lipinski definition) is 4. The van der Waals surface area contributed by atoms with E-state index in [-0.39, 0.29) is 12.3 Å². The predicted octanol–water partition coefficient (Wildman–Crippen LogP) is 2.93. The van der Waals surface area contributed by atoms with Crippen molar-refractivity contribution in [3.05, 3.63) is 54.0 Å². The number of aryl methyl sites for hydroxylation is 1. The van der Waals surface area contributed by atoms with Crippen molar-refractivity contribution in [2.24, 2.45) is 5.73 Å². The van der Waals surface area contributed by atoms with Crippen LogP contribution in [0.3, 0.4) is 0 Å². The Morgan fingerprint density at radius 1 is 1.12 bits per heavy atom. The van der Waals surface area contributed by atoms with Crippen LogP contribution in [0.5, 0.6) is 0 Å². The van der Waals surface area contributed by atoms with Crippen molar-refractivity contribution in [1.29, 1.82) is 0 Å². The highest BCUT2D eigenvalue weighted by Crippen LogP contribution is 2.14. The summed E-state index contributed by atoms with van der Waals surface area (Å²) < 4.78 is 4.92. The molecule has 0 radical (unpaired) electrons. The van der Waals surface area contributed by atoms with Crippen LogP contribution < -0.4 is 10.6 Å². The van der Waals surface area contributed by atoms with Gasteiger partial charge in [0.1, 0.15) is 5.76 Å². The molecule has 1 heterocycles. The molecular formula is C18H24N2O4. The Morgan fingerprint density at radius 3 is 2.17 bits per heavy atom. The fourth-order valence-electron chi connectivity index (χ4n) is 2.11. The lowest BCUT2D eigenvalue weighted by Gasteiger charge is -2.20. The van der Waals surface area contributed by atoms with E-state index in [4.69, 9.17) is 15.3 Å². The minimum atomic E-state index is -0.795. The zero-order chi connectivity index (χ0) is 17.9. The van der Waals surface area contributed by atoms with Crippen molar-refractivity contribution in [3.63, 3.8) is 0 Å². The molecule has 0 atom stereocenters. The molecule has 24 heavy (non-hydrogen) atoms. The SMILES string of the molecule is CCN(CC)c1ccc(C(N)=O)cc1.O=C(O)CCc1ccco1. The van der Waals surface area contributed by atoms with E-state index in [9.17, 15) is 9.59 Å². The molecule has 0 fully saturated rings. The lowest BCUT2D eigenvalue weighted by molar-refractivity contribution is -0.137. The quantitative estimate of drug-likeness (QED) is 0.812. The largest absolute Gasteiger partial charge is 0.481 e. The number of benzene rings is 1. The van der Waals surface area contributed by atoms with Gasteiger partial charge in [-0.05, 0) is 50.2 Å². The second-order valence-electron chi connectivity index (χ2n) is 5.06. The molecular weight excluding hydrogens is 308 g/mol. The molecule has 6 nitrogen and oxygen atoms in total. The van der Waals surface area contributed by atoms with Gasteiger partial charge in [-0.25, -0.2) is 0 Å². The summed E-state index contributed by atoms with van der Waals surface area (Å²) >= 11 is 0. The second-order valence-corrected chi connectivity index (χ2v) is 5.06. The van der Waals surface area contributed by atoms with Gasteiger partial charge < -0.3 is 20.2 Å². The van der Waals surface area contributed by atoms with Gasteiger partial charge in [0.05, 0.1) is 12.7 Å². The van der Waals surface area contributed by atoms with E-state index in [1.807, 2.05) is 12.1 Å². The number of furan rings is 1. The smallest absolute Gasteiger partial charge is 0.303 e. The lowest BCUT2D eigenvalue weighted by Crippen LogP contribution is -2.21. The van der Waals surface area contributed by atoms with Crippen LogP contribution in [0.1, 0.15) is 36.4 Å². The normalized spacial score (nSPS) is 9.75. The number of nitrogens with zero attached hydrogens (tertiary/aromatic N) is 1. The number of carboxylic acid groups (broad SMARTS) is 1. The summed E-state index contributed by atoms with van der Waals surface area (Å²) in [6, 6.07) is 10.9. The van der Waals surface area contributed by atoms with Crippen LogP contribution in [0.15, 0.2) is 47.1 Å². The molecule has 1 amide bonds. The maximum absolute atomic E-state index is 10.8. The van der Waals surface area contributed by atoms with Gasteiger partial charge in [-0.3, -0.25) is 9.59 Å². The van der Waals surface area contributed by atoms with Crippen molar-refractivity contribution in [2.75, 3.05) is 18.0 Å². The Labute approximate surface area is 141 Å². The average molecular weight is 332 g/mol. The lowest BCUT2D eigenvalue weighted by atomic mass is 10.2. The minimum absolute atomic E-state index is 0.132. The number of hydrogen-bond donors (Lipinski definition) is 2. The topological polar surface area (TPSA) is 96.8 Å². The molecule has 0 bridgehead atoms. The van der Waals surface area contributed by atoms with Gasteiger partial charge in [0.2, 0.25) is 5.91 Å². The van der Waals surface area contributed by atoms with E-state index < -0.39 is 5.97 Å². The third-order valence-corrected chi connectivity index (χ3v) is 3.45. The molecule has 3 N–H and O–H groups in total. The van der Waals surface area contributed by atoms with Crippen LogP contribution >= 0.6 is 0 Å². The first-order chi connectivity index (χ1) is 11.5. The molecule has 0 aliphatic heterocycles. The van der Waals surface area contributed by atoms with Gasteiger partial charge in [0, 0.05) is 30.8 Å². The standard InChI is InChI=1S/C11H16N2O.C7H8O3/c1-3-13(4-2)10-7-5-9(6-8-10)11(12)14;8-7(9)4-3-6-2-1-5-10-6/h5-8H,3-4H2,1-2H3,(H2,12,14);1-2,5H,3-4H2,(H,8,9). The van der Waals surface area contributed by atoms with Gasteiger partial charge in [-0.15, -0.1) is 0 Å². The monoisotopic (exact) mass is 332 g/mol. The summed E-state index contributed by atoms with van der Waals surface area (Å²) in [6.45, 7) is 6.13. The maximum atomic E-state index is 10.8. The summed E-state index contributed by atoms with van der Waals surface area (Å²) in [5, 5.41) is 8.27. The summed E-state index contributed by atoms with van der Waals surface area (Å²) in [7, 11) is 0. The number of primary amides is 1. The van der Waals surface area contributed by atoms with Crippen molar-refractivity contribution in [1.82, 2.24) is 0 Å². The van der Waals surface area contributed by atoms with E-state index in [1.165, 1.54) is 6.26 Å². The van der Waals surface area contributed by atoms with Crippen LogP contribution in [0.2, 0.25) is 0 Å². The maximum Gasteiger partial charge on any atom is 0.303 e. The molecule has 130 valence electrons. The zero-order valence-corrected chi connectivity index (χ0v) is 14.1. The Morgan fingerprint density at radius 2 is 1.75 bits per heavy atom. The van der Waals surface area contributed by atoms with Gasteiger partial charge in [0.15, 0.2) is 0 Å². The van der Waals surface area contributed by atoms with Crippen LogP contribution in [0, 0.1) is 0 Å². The Balaban J connectivity index is 0.000000254. The highest BCUT2D eigenvalue weighted by atomic mass is 16.4. The van der Waals surface area contributed by atoms with Gasteiger partial charge in [0.25, 0.3) is 0 Å². The molecule has 2 rings (SSSR count). The van der Waals surface area contributed by atoms with Crippen LogP contribution in [0.25, 0.3) is 0 Å². The summed E-state index contributed by atoms with van der Waals surface area (Å²) in [4.78, 5) is 23.1. The highest BCUT2D eigenvalue weighted by Gasteiger charge is 2.03. The molecule has 0 aliphatic carbocycles. The van der Waals surface area contributed by atoms with Gasteiger partial charge >= 0.3 is 5.97 Å². The van der Waals surface area contributed by atoms with Gasteiger partial charge in [-0.1, -0.05) is 0 Å². The third kappa shape index (κ3) is 6.56. The fraction of sp³-hybridized carbons (Fsp3) is 0.333. The molecule has 0 saturated carbocycles. The number of carbonyl (C=O) groups is 2. The Hall–Kier alpha value is -2.76. The average Bonchev–Trinajstić information content (AvgIpc) is 3.09. The number of aliphatic carboxylic acids is 1. The first-order valence-corrected chi connectivity index (χ1v) is 7.86. The molecule has 0 spiro atoms. The van der Waals surface area contributed by atoms with Crippen LogP contribution in [-0.4, -0.2) is 30.1 Å². The van der Waals surface area contributed by atoms with Crippen LogP contribution in [0.4, 0.5) is 5.69 Å². The number of carboxylic acids is 1. The molecule has 2 aromatic rings. The fourth-order valence-corrected chi connectivity index (χ4v) is 2.11. The van der Waals surface area contributed by atoms with Crippen molar-refractivity contribution in [2.45, 2.75) is 26.7 Å². The van der Waals surface area contributed by atoms with E-state index in [0.29, 0.717) is 12.0 Å². The van der Waals surface area contributed by atoms with E-state index in [0.717, 1.165) is 24.5 Å². The highest BCUT2D eigenvalue weighted by molar-refractivity contribution is 5.93. The molecule has 6 heteroatoms. The Kier molecular flexibility index (Phi) is 8.11. The summed E-state index contributed by atoms with van der Waals surface area (Å²) in [5.74, 6) is -0.449. The van der Waals surface area contributed by atoms with Crippen molar-refractivity contribution < 1.29 is 19.1 Å². The van der Waals surface area contributed by atoms with Crippen LogP contribution in [-0.2, 0) is 11.2 Å². The third-order valence-electron chi connectivity index (χ3n) is 3.45. The van der Waals surface area contributed by atoms with Crippen molar-refractivity contribution >= 4 is 17.6 Å². The zero-order valence-electron chi connectivity index (χ0n) is 14.1. The second kappa shape index (κ2) is 10.1. The summed E-state index contributed by atoms with van der Waals surface area (Å²) in [6.07, 6.45) is 2.15. The number of rotatable bonds is 7. The molecule has 1 aromatic heterocycles. The van der Waals surface area contributed by atoms with E-state index in [2.05, 4.69) is 18.7 Å². The molecule has 1 aromatic carbocycles. The van der Waals surface area contributed by atoms with Crippen molar-refractivity contribution in [3.8, 4) is 0 Å². The number of nitrogens with two attached hydrogens (primary N) is 1. The van der Waals surface area contributed by atoms with E-state index >= 15 is 0 Å². The number of anilines is 1. The number of amides is 1. The Bertz CT molecular complexity index is 617. The first-order valence-electron chi connectivity index (χ1n) is 7.86. The molecule has 0 aliphatic rings. The molecule has 0 saturated heterocycles. The molecule has 0 unspecified atom stereocenters. The first kappa shape index (κ1) is 19.3. The predicted molar refractivity (Wildman–Crippen MR) is 93.2 cm³/mol.